The topological polar surface area (TPSA) is 130 Å². The first-order valence-corrected chi connectivity index (χ1v) is 10.7. The van der Waals surface area contributed by atoms with Crippen LogP contribution < -0.4 is 5.32 Å². The Labute approximate surface area is 202 Å². The van der Waals surface area contributed by atoms with Crippen molar-refractivity contribution in [3.8, 4) is 0 Å². The first-order chi connectivity index (χ1) is 17.2. The number of pyridine rings is 1. The monoisotopic (exact) mass is 499 g/mol. The number of carbonyl (C=O) groups excluding carboxylic acids is 2. The largest absolute Gasteiger partial charge is 0.416 e. The molecule has 4 aromatic rings. The van der Waals surface area contributed by atoms with Crippen LogP contribution in [-0.2, 0) is 17.4 Å². The summed E-state index contributed by atoms with van der Waals surface area (Å²) in [5, 5.41) is 22.1. The van der Waals surface area contributed by atoms with Gasteiger partial charge in [-0.25, -0.2) is 9.97 Å². The molecule has 3 aromatic heterocycles. The molecule has 0 bridgehead atoms. The number of halogens is 3. The van der Waals surface area contributed by atoms with E-state index in [0.717, 1.165) is 12.1 Å². The molecule has 4 rings (SSSR count). The molecule has 12 heteroatoms. The van der Waals surface area contributed by atoms with Crippen LogP contribution in [0.15, 0.2) is 61.4 Å². The first kappa shape index (κ1) is 24.9. The average molecular weight is 499 g/mol. The molecule has 0 fully saturated rings. The van der Waals surface area contributed by atoms with Gasteiger partial charge in [0.05, 0.1) is 48.7 Å². The van der Waals surface area contributed by atoms with E-state index >= 15 is 0 Å². The maximum Gasteiger partial charge on any atom is 0.416 e. The van der Waals surface area contributed by atoms with E-state index < -0.39 is 29.5 Å². The number of alkyl halides is 3. The van der Waals surface area contributed by atoms with Crippen molar-refractivity contribution in [1.29, 1.82) is 0 Å². The normalized spacial score (nSPS) is 11.7. The maximum atomic E-state index is 13.3. The van der Waals surface area contributed by atoms with E-state index in [1.54, 1.807) is 0 Å². The van der Waals surface area contributed by atoms with Gasteiger partial charge >= 0.3 is 6.18 Å². The molecule has 3 heterocycles. The SMILES string of the molecule is O=C(Cc1ccc(C(F)(F)F)cc1)Nc1cncc(C(=O)c2cn(C(CO)CO)c3ncncc23)c1. The van der Waals surface area contributed by atoms with Crippen molar-refractivity contribution in [2.24, 2.45) is 0 Å². The van der Waals surface area contributed by atoms with Crippen LogP contribution in [0.25, 0.3) is 11.0 Å². The van der Waals surface area contributed by atoms with E-state index in [0.29, 0.717) is 16.6 Å². The van der Waals surface area contributed by atoms with E-state index in [1.807, 2.05) is 0 Å². The summed E-state index contributed by atoms with van der Waals surface area (Å²) in [7, 11) is 0. The van der Waals surface area contributed by atoms with Crippen LogP contribution in [0.5, 0.6) is 0 Å². The smallest absolute Gasteiger partial charge is 0.394 e. The lowest BCUT2D eigenvalue weighted by Gasteiger charge is -2.13. The lowest BCUT2D eigenvalue weighted by Crippen LogP contribution is -2.17. The van der Waals surface area contributed by atoms with E-state index in [4.69, 9.17) is 0 Å². The molecule has 0 saturated heterocycles. The molecule has 1 aromatic carbocycles. The molecule has 9 nitrogen and oxygen atoms in total. The summed E-state index contributed by atoms with van der Waals surface area (Å²) in [6.07, 6.45) is 2.21. The molecule has 0 spiro atoms. The van der Waals surface area contributed by atoms with Gasteiger partial charge in [-0.3, -0.25) is 14.6 Å². The number of ketones is 1. The van der Waals surface area contributed by atoms with Gasteiger partial charge in [0.1, 0.15) is 12.0 Å². The fourth-order valence-corrected chi connectivity index (χ4v) is 3.67. The summed E-state index contributed by atoms with van der Waals surface area (Å²) in [5.41, 5.74) is 0.521. The zero-order valence-electron chi connectivity index (χ0n) is 18.6. The van der Waals surface area contributed by atoms with E-state index in [1.165, 1.54) is 53.9 Å². The van der Waals surface area contributed by atoms with Crippen LogP contribution >= 0.6 is 0 Å². The van der Waals surface area contributed by atoms with Crippen LogP contribution in [0, 0.1) is 0 Å². The molecule has 3 N–H and O–H groups in total. The third kappa shape index (κ3) is 5.24. The highest BCUT2D eigenvalue weighted by molar-refractivity contribution is 6.16. The highest BCUT2D eigenvalue weighted by Crippen LogP contribution is 2.29. The van der Waals surface area contributed by atoms with Crippen LogP contribution in [0.2, 0.25) is 0 Å². The number of nitrogens with one attached hydrogen (secondary N) is 1. The van der Waals surface area contributed by atoms with Gasteiger partial charge in [-0.05, 0) is 23.8 Å². The lowest BCUT2D eigenvalue weighted by molar-refractivity contribution is -0.137. The molecule has 0 unspecified atom stereocenters. The first-order valence-electron chi connectivity index (χ1n) is 10.7. The summed E-state index contributed by atoms with van der Waals surface area (Å²) in [6.45, 7) is -0.750. The van der Waals surface area contributed by atoms with Gasteiger partial charge in [-0.2, -0.15) is 13.2 Å². The number of nitrogens with zero attached hydrogens (tertiary/aromatic N) is 4. The van der Waals surface area contributed by atoms with Gasteiger partial charge < -0.3 is 20.1 Å². The third-order valence-corrected chi connectivity index (χ3v) is 5.48. The summed E-state index contributed by atoms with van der Waals surface area (Å²) in [4.78, 5) is 37.8. The number of amides is 1. The van der Waals surface area contributed by atoms with Crippen molar-refractivity contribution in [1.82, 2.24) is 19.5 Å². The molecule has 0 aliphatic heterocycles. The number of aliphatic hydroxyl groups excluding tert-OH is 2. The minimum atomic E-state index is -4.46. The minimum absolute atomic E-state index is 0.148. The second-order valence-electron chi connectivity index (χ2n) is 7.94. The molecule has 1 amide bonds. The summed E-state index contributed by atoms with van der Waals surface area (Å²) in [6, 6.07) is 4.97. The van der Waals surface area contributed by atoms with Crippen LogP contribution in [0.3, 0.4) is 0 Å². The quantitative estimate of drug-likeness (QED) is 0.318. The van der Waals surface area contributed by atoms with Gasteiger partial charge in [-0.1, -0.05) is 12.1 Å². The van der Waals surface area contributed by atoms with Crippen molar-refractivity contribution in [2.45, 2.75) is 18.6 Å². The van der Waals surface area contributed by atoms with Crippen LogP contribution in [0.1, 0.15) is 33.1 Å². The molecular weight excluding hydrogens is 479 g/mol. The highest BCUT2D eigenvalue weighted by atomic mass is 19.4. The van der Waals surface area contributed by atoms with Gasteiger partial charge in [0.2, 0.25) is 5.91 Å². The van der Waals surface area contributed by atoms with Crippen molar-refractivity contribution in [3.63, 3.8) is 0 Å². The summed E-state index contributed by atoms with van der Waals surface area (Å²) < 4.78 is 39.6. The third-order valence-electron chi connectivity index (χ3n) is 5.48. The number of benzene rings is 1. The molecule has 0 aliphatic rings. The lowest BCUT2D eigenvalue weighted by atomic mass is 10.1. The van der Waals surface area contributed by atoms with Crippen molar-refractivity contribution >= 4 is 28.4 Å². The number of hydrogen-bond donors (Lipinski definition) is 3. The Balaban J connectivity index is 1.53. The fourth-order valence-electron chi connectivity index (χ4n) is 3.67. The standard InChI is InChI=1S/C24H20F3N5O4/c25-24(26,27)16-3-1-14(2-4-16)5-21(35)31-17-6-15(7-28-8-17)22(36)20-10-32(18(11-33)12-34)23-19(20)9-29-13-30-23/h1-4,6-10,13,18,33-34H,5,11-12H2,(H,31,35). The average Bonchev–Trinajstić information content (AvgIpc) is 3.24. The Kier molecular flexibility index (Phi) is 7.08. The number of anilines is 1. The molecular formula is C24H20F3N5O4. The van der Waals surface area contributed by atoms with Gasteiger partial charge in [0.25, 0.3) is 0 Å². The molecule has 36 heavy (non-hydrogen) atoms. The zero-order valence-corrected chi connectivity index (χ0v) is 18.6. The van der Waals surface area contributed by atoms with Crippen LogP contribution in [0.4, 0.5) is 18.9 Å². The number of carbonyl (C=O) groups is 2. The van der Waals surface area contributed by atoms with E-state index in [-0.39, 0.29) is 36.4 Å². The molecule has 0 saturated carbocycles. The molecule has 0 aliphatic carbocycles. The van der Waals surface area contributed by atoms with E-state index in [9.17, 15) is 33.0 Å². The van der Waals surface area contributed by atoms with Gasteiger partial charge in [0.15, 0.2) is 5.78 Å². The Bertz CT molecular complexity index is 1400. The second kappa shape index (κ2) is 10.2. The Morgan fingerprint density at radius 1 is 1.03 bits per heavy atom. The maximum absolute atomic E-state index is 13.3. The Morgan fingerprint density at radius 2 is 1.75 bits per heavy atom. The highest BCUT2D eigenvalue weighted by Gasteiger charge is 2.30. The molecule has 0 atom stereocenters. The fraction of sp³-hybridized carbons (Fsp3) is 0.208. The predicted molar refractivity (Wildman–Crippen MR) is 122 cm³/mol. The van der Waals surface area contributed by atoms with E-state index in [2.05, 4.69) is 20.3 Å². The number of aliphatic hydroxyl groups is 2. The van der Waals surface area contributed by atoms with Crippen molar-refractivity contribution in [3.05, 3.63) is 83.7 Å². The number of hydrogen-bond acceptors (Lipinski definition) is 7. The van der Waals surface area contributed by atoms with Gasteiger partial charge in [-0.15, -0.1) is 0 Å². The number of rotatable bonds is 8. The zero-order chi connectivity index (χ0) is 25.9. The summed E-state index contributed by atoms with van der Waals surface area (Å²) >= 11 is 0. The number of fused-ring (bicyclic) bond motifs is 1. The van der Waals surface area contributed by atoms with Crippen molar-refractivity contribution < 1.29 is 33.0 Å². The van der Waals surface area contributed by atoms with Crippen LogP contribution in [-0.4, -0.2) is 54.6 Å². The van der Waals surface area contributed by atoms with Gasteiger partial charge in [0, 0.05) is 29.5 Å². The van der Waals surface area contributed by atoms with Crippen molar-refractivity contribution in [2.75, 3.05) is 18.5 Å². The number of aromatic nitrogens is 4. The molecule has 186 valence electrons. The Morgan fingerprint density at radius 3 is 2.42 bits per heavy atom. The predicted octanol–water partition coefficient (Wildman–Crippen LogP) is 2.78. The minimum Gasteiger partial charge on any atom is -0.394 e. The Hall–Kier alpha value is -4.16. The summed E-state index contributed by atoms with van der Waals surface area (Å²) in [5.74, 6) is -0.950. The molecule has 0 radical (unpaired) electrons. The second-order valence-corrected chi connectivity index (χ2v) is 7.94.